The van der Waals surface area contributed by atoms with Gasteiger partial charge in [0.25, 0.3) is 5.91 Å². The number of anilines is 1. The summed E-state index contributed by atoms with van der Waals surface area (Å²) in [6.45, 7) is 1.53. The van der Waals surface area contributed by atoms with Crippen molar-refractivity contribution in [2.45, 2.75) is 18.9 Å². The summed E-state index contributed by atoms with van der Waals surface area (Å²) in [5.74, 6) is 0.0270. The molecule has 0 saturated carbocycles. The molecule has 4 heteroatoms. The molecule has 1 amide bonds. The van der Waals surface area contributed by atoms with Crippen LogP contribution in [0.2, 0.25) is 0 Å². The van der Waals surface area contributed by atoms with E-state index in [4.69, 9.17) is 4.74 Å². The lowest BCUT2D eigenvalue weighted by atomic mass is 10.0. The van der Waals surface area contributed by atoms with Crippen LogP contribution in [-0.2, 0) is 16.0 Å². The molecular formula is C20H24N2O2. The van der Waals surface area contributed by atoms with Crippen LogP contribution in [0.5, 0.6) is 0 Å². The van der Waals surface area contributed by atoms with E-state index in [0.29, 0.717) is 6.54 Å². The first-order valence-corrected chi connectivity index (χ1v) is 8.49. The van der Waals surface area contributed by atoms with E-state index >= 15 is 0 Å². The first-order valence-electron chi connectivity index (χ1n) is 8.49. The Morgan fingerprint density at radius 1 is 1.17 bits per heavy atom. The lowest BCUT2D eigenvalue weighted by Gasteiger charge is -2.30. The van der Waals surface area contributed by atoms with Gasteiger partial charge in [0.1, 0.15) is 6.61 Å². The molecule has 1 heterocycles. The zero-order valence-electron chi connectivity index (χ0n) is 14.1. The fraction of sp³-hybridized carbons (Fsp3) is 0.350. The zero-order chi connectivity index (χ0) is 16.8. The third-order valence-corrected chi connectivity index (χ3v) is 4.38. The van der Waals surface area contributed by atoms with Crippen LogP contribution < -0.4 is 10.2 Å². The smallest absolute Gasteiger partial charge is 0.253 e. The third-order valence-electron chi connectivity index (χ3n) is 4.38. The number of carbonyl (C=O) groups excluding carboxylic acids is 1. The number of ether oxygens (including phenoxy) is 1. The second-order valence-electron chi connectivity index (χ2n) is 6.05. The van der Waals surface area contributed by atoms with Gasteiger partial charge in [0, 0.05) is 18.8 Å². The highest BCUT2D eigenvalue weighted by atomic mass is 16.5. The second kappa shape index (κ2) is 8.08. The van der Waals surface area contributed by atoms with Gasteiger partial charge in [-0.25, -0.2) is 0 Å². The molecule has 1 N–H and O–H groups in total. The van der Waals surface area contributed by atoms with E-state index in [1.54, 1.807) is 0 Å². The molecule has 0 radical (unpaired) electrons. The van der Waals surface area contributed by atoms with E-state index in [1.165, 1.54) is 5.56 Å². The average molecular weight is 324 g/mol. The zero-order valence-corrected chi connectivity index (χ0v) is 14.1. The number of hydrogen-bond acceptors (Lipinski definition) is 3. The van der Waals surface area contributed by atoms with Crippen LogP contribution in [0.25, 0.3) is 0 Å². The molecule has 2 aromatic rings. The largest absolute Gasteiger partial charge is 0.362 e. The number of fused-ring (bicyclic) bond motifs is 1. The number of rotatable bonds is 6. The van der Waals surface area contributed by atoms with Gasteiger partial charge in [0.05, 0.1) is 6.10 Å². The van der Waals surface area contributed by atoms with Gasteiger partial charge >= 0.3 is 0 Å². The molecule has 1 aliphatic rings. The van der Waals surface area contributed by atoms with Crippen molar-refractivity contribution in [3.05, 3.63) is 65.7 Å². The minimum atomic E-state index is -0.125. The van der Waals surface area contributed by atoms with Crippen molar-refractivity contribution in [2.24, 2.45) is 0 Å². The van der Waals surface area contributed by atoms with E-state index in [9.17, 15) is 4.79 Å². The summed E-state index contributed by atoms with van der Waals surface area (Å²) >= 11 is 0. The number of carbonyl (C=O) groups is 1. The molecule has 0 saturated heterocycles. The fourth-order valence-electron chi connectivity index (χ4n) is 3.17. The standard InChI is InChI=1S/C20H24N2O2/c1-21-14-19(17-9-3-2-4-10-17)24-15-20(23)22-13-7-11-16-8-5-6-12-18(16)22/h2-6,8-10,12,19,21H,7,11,13-15H2,1H3/t19-/m1/s1. The highest BCUT2D eigenvalue weighted by Crippen LogP contribution is 2.27. The molecule has 0 aromatic heterocycles. The highest BCUT2D eigenvalue weighted by Gasteiger charge is 2.23. The van der Waals surface area contributed by atoms with Crippen molar-refractivity contribution >= 4 is 11.6 Å². The summed E-state index contributed by atoms with van der Waals surface area (Å²) in [6.07, 6.45) is 1.91. The normalized spacial score (nSPS) is 15.0. The lowest BCUT2D eigenvalue weighted by Crippen LogP contribution is -2.38. The molecule has 1 atom stereocenters. The topological polar surface area (TPSA) is 41.6 Å². The lowest BCUT2D eigenvalue weighted by molar-refractivity contribution is -0.125. The van der Waals surface area contributed by atoms with Crippen LogP contribution in [0.15, 0.2) is 54.6 Å². The predicted molar refractivity (Wildman–Crippen MR) is 96.2 cm³/mol. The maximum atomic E-state index is 12.7. The first kappa shape index (κ1) is 16.7. The summed E-state index contributed by atoms with van der Waals surface area (Å²) in [5, 5.41) is 3.14. The molecule has 2 aromatic carbocycles. The minimum Gasteiger partial charge on any atom is -0.362 e. The van der Waals surface area contributed by atoms with Crippen LogP contribution in [0.1, 0.15) is 23.7 Å². The quantitative estimate of drug-likeness (QED) is 0.888. The molecule has 24 heavy (non-hydrogen) atoms. The molecule has 0 bridgehead atoms. The monoisotopic (exact) mass is 324 g/mol. The van der Waals surface area contributed by atoms with Gasteiger partial charge in [-0.2, -0.15) is 0 Å². The number of likely N-dealkylation sites (N-methyl/N-ethyl adjacent to an activating group) is 1. The Morgan fingerprint density at radius 3 is 2.71 bits per heavy atom. The number of benzene rings is 2. The van der Waals surface area contributed by atoms with Crippen molar-refractivity contribution in [2.75, 3.05) is 31.6 Å². The van der Waals surface area contributed by atoms with E-state index in [1.807, 2.05) is 60.5 Å². The molecule has 0 spiro atoms. The Kier molecular flexibility index (Phi) is 5.62. The van der Waals surface area contributed by atoms with Gasteiger partial charge < -0.3 is 15.0 Å². The van der Waals surface area contributed by atoms with Gasteiger partial charge in [-0.3, -0.25) is 4.79 Å². The highest BCUT2D eigenvalue weighted by molar-refractivity contribution is 5.95. The van der Waals surface area contributed by atoms with Gasteiger partial charge in [-0.05, 0) is 37.1 Å². The molecule has 4 nitrogen and oxygen atoms in total. The molecule has 126 valence electrons. The van der Waals surface area contributed by atoms with Crippen molar-refractivity contribution < 1.29 is 9.53 Å². The summed E-state index contributed by atoms with van der Waals surface area (Å²) in [4.78, 5) is 14.5. The van der Waals surface area contributed by atoms with Crippen LogP contribution in [-0.4, -0.2) is 32.7 Å². The van der Waals surface area contributed by atoms with Gasteiger partial charge in [0.2, 0.25) is 0 Å². The van der Waals surface area contributed by atoms with Crippen molar-refractivity contribution in [3.63, 3.8) is 0 Å². The summed E-state index contributed by atoms with van der Waals surface area (Å²) in [7, 11) is 1.89. The fourth-order valence-corrected chi connectivity index (χ4v) is 3.17. The summed E-state index contributed by atoms with van der Waals surface area (Å²) in [5.41, 5.74) is 3.35. The maximum absolute atomic E-state index is 12.7. The molecule has 0 unspecified atom stereocenters. The second-order valence-corrected chi connectivity index (χ2v) is 6.05. The Hall–Kier alpha value is -2.17. The molecular weight excluding hydrogens is 300 g/mol. The van der Waals surface area contributed by atoms with Crippen molar-refractivity contribution in [1.82, 2.24) is 5.32 Å². The minimum absolute atomic E-state index is 0.0270. The van der Waals surface area contributed by atoms with E-state index in [0.717, 1.165) is 30.6 Å². The summed E-state index contributed by atoms with van der Waals surface area (Å²) in [6, 6.07) is 18.2. The maximum Gasteiger partial charge on any atom is 0.253 e. The van der Waals surface area contributed by atoms with Crippen LogP contribution >= 0.6 is 0 Å². The van der Waals surface area contributed by atoms with Crippen LogP contribution in [0, 0.1) is 0 Å². The SMILES string of the molecule is CNC[C@@H](OCC(=O)N1CCCc2ccccc21)c1ccccc1. The number of nitrogens with zero attached hydrogens (tertiary/aromatic N) is 1. The molecule has 0 aliphatic carbocycles. The van der Waals surface area contributed by atoms with Gasteiger partial charge in [-0.15, -0.1) is 0 Å². The van der Waals surface area contributed by atoms with Crippen LogP contribution in [0.4, 0.5) is 5.69 Å². The van der Waals surface area contributed by atoms with E-state index in [-0.39, 0.29) is 18.6 Å². The van der Waals surface area contributed by atoms with Crippen molar-refractivity contribution in [1.29, 1.82) is 0 Å². The summed E-state index contributed by atoms with van der Waals surface area (Å²) < 4.78 is 5.94. The third kappa shape index (κ3) is 3.83. The average Bonchev–Trinajstić information content (AvgIpc) is 2.65. The molecule has 1 aliphatic heterocycles. The Bertz CT molecular complexity index is 672. The number of hydrogen-bond donors (Lipinski definition) is 1. The van der Waals surface area contributed by atoms with Crippen LogP contribution in [0.3, 0.4) is 0 Å². The van der Waals surface area contributed by atoms with Gasteiger partial charge in [0.15, 0.2) is 0 Å². The first-order chi connectivity index (χ1) is 11.8. The number of amides is 1. The predicted octanol–water partition coefficient (Wildman–Crippen LogP) is 2.94. The van der Waals surface area contributed by atoms with E-state index < -0.39 is 0 Å². The molecule has 3 rings (SSSR count). The Morgan fingerprint density at radius 2 is 1.92 bits per heavy atom. The Balaban J connectivity index is 1.66. The number of nitrogens with one attached hydrogen (secondary N) is 1. The number of para-hydroxylation sites is 1. The Labute approximate surface area is 143 Å². The van der Waals surface area contributed by atoms with E-state index in [2.05, 4.69) is 11.4 Å². The molecule has 0 fully saturated rings. The van der Waals surface area contributed by atoms with Crippen molar-refractivity contribution in [3.8, 4) is 0 Å². The number of aryl methyl sites for hydroxylation is 1. The van der Waals surface area contributed by atoms with Gasteiger partial charge in [-0.1, -0.05) is 48.5 Å².